The highest BCUT2D eigenvalue weighted by Gasteiger charge is 2.07. The number of benzene rings is 1. The Kier molecular flexibility index (Phi) is 4.94. The van der Waals surface area contributed by atoms with E-state index in [1.165, 1.54) is 5.56 Å². The van der Waals surface area contributed by atoms with Gasteiger partial charge < -0.3 is 15.0 Å². The summed E-state index contributed by atoms with van der Waals surface area (Å²) < 4.78 is 5.23. The van der Waals surface area contributed by atoms with E-state index in [9.17, 15) is 4.79 Å². The van der Waals surface area contributed by atoms with E-state index in [2.05, 4.69) is 26.5 Å². The molecule has 0 saturated carbocycles. The number of carbonyl (C=O) groups excluding carboxylic acids is 1. The minimum Gasteiger partial charge on any atom is -0.426 e. The molecule has 0 bridgehead atoms. The Hall–Kier alpha value is -1.38. The monoisotopic (exact) mass is 278 g/mol. The minimum absolute atomic E-state index is 0.242. The third kappa shape index (κ3) is 3.55. The molecule has 5 heteroatoms. The molecule has 0 aliphatic carbocycles. The zero-order chi connectivity index (χ0) is 13.7. The molecule has 2 N–H and O–H groups in total. The molecule has 19 heavy (non-hydrogen) atoms. The molecular formula is C14H19N2O2P. The first-order chi connectivity index (χ1) is 9.24. The van der Waals surface area contributed by atoms with Crippen LogP contribution in [0.15, 0.2) is 24.4 Å². The van der Waals surface area contributed by atoms with Crippen molar-refractivity contribution in [2.75, 3.05) is 19.3 Å². The van der Waals surface area contributed by atoms with Crippen LogP contribution >= 0.6 is 9.24 Å². The highest BCUT2D eigenvalue weighted by atomic mass is 31.0. The van der Waals surface area contributed by atoms with E-state index in [-0.39, 0.29) is 5.97 Å². The molecule has 0 fully saturated rings. The second-order valence-corrected chi connectivity index (χ2v) is 4.71. The van der Waals surface area contributed by atoms with Crippen LogP contribution in [0.3, 0.4) is 0 Å². The number of fused-ring (bicyclic) bond motifs is 1. The molecule has 0 aliphatic heterocycles. The number of esters is 1. The zero-order valence-electron chi connectivity index (χ0n) is 11.0. The molecule has 0 saturated heterocycles. The van der Waals surface area contributed by atoms with Crippen molar-refractivity contribution in [3.63, 3.8) is 0 Å². The summed E-state index contributed by atoms with van der Waals surface area (Å²) >= 11 is 0. The molecule has 1 unspecified atom stereocenters. The quantitative estimate of drug-likeness (QED) is 0.368. The maximum Gasteiger partial charge on any atom is 0.315 e. The first-order valence-corrected chi connectivity index (χ1v) is 7.27. The van der Waals surface area contributed by atoms with Crippen LogP contribution in [0.4, 0.5) is 0 Å². The molecule has 102 valence electrons. The van der Waals surface area contributed by atoms with E-state index < -0.39 is 0 Å². The predicted molar refractivity (Wildman–Crippen MR) is 80.8 cm³/mol. The fraction of sp³-hybridized carbons (Fsp3) is 0.357. The summed E-state index contributed by atoms with van der Waals surface area (Å²) in [6.45, 7) is 4.01. The van der Waals surface area contributed by atoms with Gasteiger partial charge in [0.25, 0.3) is 0 Å². The van der Waals surface area contributed by atoms with Gasteiger partial charge in [-0.3, -0.25) is 4.79 Å². The highest BCUT2D eigenvalue weighted by Crippen LogP contribution is 2.24. The molecule has 2 rings (SSSR count). The fourth-order valence-corrected chi connectivity index (χ4v) is 2.08. The fourth-order valence-electron chi connectivity index (χ4n) is 2.00. The first kappa shape index (κ1) is 14.0. The van der Waals surface area contributed by atoms with Crippen LogP contribution in [0.2, 0.25) is 0 Å². The number of hydrogen-bond acceptors (Lipinski definition) is 3. The summed E-state index contributed by atoms with van der Waals surface area (Å²) in [6, 6.07) is 5.67. The number of rotatable bonds is 6. The largest absolute Gasteiger partial charge is 0.426 e. The minimum atomic E-state index is -0.242. The summed E-state index contributed by atoms with van der Waals surface area (Å²) in [5.41, 5.74) is 2.30. The summed E-state index contributed by atoms with van der Waals surface area (Å²) in [6.07, 6.45) is 3.27. The molecule has 0 aliphatic rings. The van der Waals surface area contributed by atoms with Crippen molar-refractivity contribution in [1.82, 2.24) is 10.3 Å². The smallest absolute Gasteiger partial charge is 0.315 e. The normalized spacial score (nSPS) is 10.8. The van der Waals surface area contributed by atoms with Crippen LogP contribution in [0.25, 0.3) is 10.9 Å². The van der Waals surface area contributed by atoms with E-state index >= 15 is 0 Å². The van der Waals surface area contributed by atoms with E-state index in [1.54, 1.807) is 0 Å². The predicted octanol–water partition coefficient (Wildman–Crippen LogP) is 2.10. The van der Waals surface area contributed by atoms with Crippen LogP contribution in [0.5, 0.6) is 5.75 Å². The average molecular weight is 278 g/mol. The summed E-state index contributed by atoms with van der Waals surface area (Å²) in [5.74, 6) is 0.360. The standard InChI is InChI=1S/C14H19N2O2P/c1-2-15-6-5-10-8-16-13-4-3-11(7-12(10)13)18-14(17)9-19/h3-4,7-8,15-16H,2,5-6,9,19H2,1H3. The Morgan fingerprint density at radius 3 is 3.05 bits per heavy atom. The van der Waals surface area contributed by atoms with Crippen molar-refractivity contribution >= 4 is 26.1 Å². The Morgan fingerprint density at radius 1 is 1.47 bits per heavy atom. The van der Waals surface area contributed by atoms with Gasteiger partial charge in [0.2, 0.25) is 0 Å². The lowest BCUT2D eigenvalue weighted by Crippen LogP contribution is -2.15. The highest BCUT2D eigenvalue weighted by molar-refractivity contribution is 7.18. The van der Waals surface area contributed by atoms with E-state index in [0.29, 0.717) is 11.9 Å². The topological polar surface area (TPSA) is 54.1 Å². The summed E-state index contributed by atoms with van der Waals surface area (Å²) in [7, 11) is 2.36. The maximum absolute atomic E-state index is 11.3. The van der Waals surface area contributed by atoms with Gasteiger partial charge in [-0.1, -0.05) is 6.92 Å². The van der Waals surface area contributed by atoms with Gasteiger partial charge in [0.1, 0.15) is 5.75 Å². The molecular weight excluding hydrogens is 259 g/mol. The van der Waals surface area contributed by atoms with Crippen molar-refractivity contribution in [2.24, 2.45) is 0 Å². The number of ether oxygens (including phenoxy) is 1. The number of likely N-dealkylation sites (N-methyl/N-ethyl adjacent to an activating group) is 1. The van der Waals surface area contributed by atoms with Gasteiger partial charge in [-0.15, -0.1) is 9.24 Å². The lowest BCUT2D eigenvalue weighted by Gasteiger charge is -2.04. The SMILES string of the molecule is CCNCCc1c[nH]c2ccc(OC(=O)CP)cc12. The average Bonchev–Trinajstić information content (AvgIpc) is 2.82. The molecule has 4 nitrogen and oxygen atoms in total. The van der Waals surface area contributed by atoms with E-state index in [1.807, 2.05) is 24.4 Å². The van der Waals surface area contributed by atoms with Crippen LogP contribution in [0.1, 0.15) is 12.5 Å². The Balaban J connectivity index is 2.19. The van der Waals surface area contributed by atoms with Gasteiger partial charge in [0.05, 0.1) is 6.16 Å². The molecule has 0 radical (unpaired) electrons. The van der Waals surface area contributed by atoms with E-state index in [0.717, 1.165) is 30.4 Å². The Morgan fingerprint density at radius 2 is 2.32 bits per heavy atom. The second kappa shape index (κ2) is 6.69. The van der Waals surface area contributed by atoms with Gasteiger partial charge in [0, 0.05) is 17.1 Å². The summed E-state index contributed by atoms with van der Waals surface area (Å²) in [4.78, 5) is 14.5. The molecule has 1 aromatic heterocycles. The second-order valence-electron chi connectivity index (χ2n) is 4.30. The third-order valence-electron chi connectivity index (χ3n) is 2.96. The zero-order valence-corrected chi connectivity index (χ0v) is 12.2. The van der Waals surface area contributed by atoms with Crippen LogP contribution in [0, 0.1) is 0 Å². The van der Waals surface area contributed by atoms with Crippen molar-refractivity contribution in [3.05, 3.63) is 30.0 Å². The third-order valence-corrected chi connectivity index (χ3v) is 3.29. The molecule has 2 aromatic rings. The van der Waals surface area contributed by atoms with Gasteiger partial charge in [-0.25, -0.2) is 0 Å². The van der Waals surface area contributed by atoms with Gasteiger partial charge in [0.15, 0.2) is 0 Å². The lowest BCUT2D eigenvalue weighted by atomic mass is 10.1. The van der Waals surface area contributed by atoms with Gasteiger partial charge in [-0.2, -0.15) is 0 Å². The molecule has 1 heterocycles. The number of hydrogen-bond donors (Lipinski definition) is 2. The number of aromatic nitrogens is 1. The Bertz CT molecular complexity index is 566. The Labute approximate surface area is 115 Å². The van der Waals surface area contributed by atoms with Crippen molar-refractivity contribution in [2.45, 2.75) is 13.3 Å². The van der Waals surface area contributed by atoms with Crippen molar-refractivity contribution in [1.29, 1.82) is 0 Å². The summed E-state index contributed by atoms with van der Waals surface area (Å²) in [5, 5.41) is 4.42. The van der Waals surface area contributed by atoms with Gasteiger partial charge in [-0.05, 0) is 43.3 Å². The molecule has 0 spiro atoms. The van der Waals surface area contributed by atoms with Crippen molar-refractivity contribution < 1.29 is 9.53 Å². The first-order valence-electron chi connectivity index (χ1n) is 6.46. The van der Waals surface area contributed by atoms with Crippen molar-refractivity contribution in [3.8, 4) is 5.75 Å². The number of carbonyl (C=O) groups is 1. The number of aromatic amines is 1. The van der Waals surface area contributed by atoms with Crippen LogP contribution in [-0.2, 0) is 11.2 Å². The molecule has 1 atom stereocenters. The molecule has 0 amide bonds. The van der Waals surface area contributed by atoms with E-state index in [4.69, 9.17) is 4.74 Å². The van der Waals surface area contributed by atoms with Crippen LogP contribution in [-0.4, -0.2) is 30.2 Å². The van der Waals surface area contributed by atoms with Crippen LogP contribution < -0.4 is 10.1 Å². The maximum atomic E-state index is 11.3. The number of nitrogens with one attached hydrogen (secondary N) is 2. The number of H-pyrrole nitrogens is 1. The lowest BCUT2D eigenvalue weighted by molar-refractivity contribution is -0.131. The molecule has 1 aromatic carbocycles. The van der Waals surface area contributed by atoms with Gasteiger partial charge >= 0.3 is 5.97 Å².